The van der Waals surface area contributed by atoms with Crippen LogP contribution in [-0.2, 0) is 31.6 Å². The van der Waals surface area contributed by atoms with Crippen molar-refractivity contribution in [2.45, 2.75) is 61.8 Å². The summed E-state index contributed by atoms with van der Waals surface area (Å²) in [7, 11) is -16.8. The lowest BCUT2D eigenvalue weighted by atomic mass is 10.1. The van der Waals surface area contributed by atoms with Crippen LogP contribution in [0.5, 0.6) is 0 Å². The number of fused-ring (bicyclic) bond motifs is 1. The van der Waals surface area contributed by atoms with E-state index in [9.17, 15) is 33.7 Å². The number of phosphoric acid groups is 3. The summed E-state index contributed by atoms with van der Waals surface area (Å²) in [4.78, 5) is 48.9. The van der Waals surface area contributed by atoms with Gasteiger partial charge in [0.2, 0.25) is 0 Å². The molecule has 1 aliphatic heterocycles. The molecule has 0 aromatic carbocycles. The van der Waals surface area contributed by atoms with E-state index < -0.39 is 54.6 Å². The van der Waals surface area contributed by atoms with Crippen LogP contribution in [0.25, 0.3) is 11.2 Å². The molecule has 3 unspecified atom stereocenters. The average molecular weight is 670 g/mol. The van der Waals surface area contributed by atoms with Crippen LogP contribution < -0.4 is 5.73 Å². The highest BCUT2D eigenvalue weighted by Crippen LogP contribution is 2.66. The van der Waals surface area contributed by atoms with Gasteiger partial charge in [0, 0.05) is 5.75 Å². The van der Waals surface area contributed by atoms with E-state index in [2.05, 4.69) is 40.7 Å². The molecule has 0 amide bonds. The lowest BCUT2D eigenvalue weighted by Crippen LogP contribution is -2.33. The number of ether oxygens (including phenoxy) is 1. The van der Waals surface area contributed by atoms with Gasteiger partial charge >= 0.3 is 23.5 Å². The van der Waals surface area contributed by atoms with Crippen LogP contribution in [0.1, 0.15) is 38.3 Å². The molecular weight excluding hydrogens is 639 g/mol. The minimum atomic E-state index is -5.73. The van der Waals surface area contributed by atoms with E-state index in [0.717, 1.165) is 43.6 Å². The summed E-state index contributed by atoms with van der Waals surface area (Å²) in [6, 6.07) is 0. The Hall–Kier alpha value is -0.660. The summed E-state index contributed by atoms with van der Waals surface area (Å²) in [5.41, 5.74) is 6.43. The van der Waals surface area contributed by atoms with Gasteiger partial charge in [-0.3, -0.25) is 9.09 Å². The fraction of sp³-hybridized carbons (Fsp3) is 0.706. The van der Waals surface area contributed by atoms with Crippen molar-refractivity contribution >= 4 is 64.8 Å². The van der Waals surface area contributed by atoms with Gasteiger partial charge in [-0.1, -0.05) is 31.0 Å². The smallest absolute Gasteiger partial charge is 0.387 e. The second-order valence-corrected chi connectivity index (χ2v) is 14.4. The van der Waals surface area contributed by atoms with E-state index in [0.29, 0.717) is 5.16 Å². The summed E-state index contributed by atoms with van der Waals surface area (Å²) < 4.78 is 52.8. The number of nitrogens with two attached hydrogens (primary N) is 1. The SMILES string of the molecule is Nc1nc(SCCCCCCCS)nc2c1ncn2C1O[C@H](COP(=O)(O)OP(=O)(O)OP(=O)(O)O)[C@@H](O)[C@H]1O. The molecule has 3 heterocycles. The maximum absolute atomic E-state index is 12.0. The number of nitrogen functional groups attached to an aromatic ring is 1. The van der Waals surface area contributed by atoms with Gasteiger partial charge in [-0.15, -0.1) is 0 Å². The topological polar surface area (TPSA) is 279 Å². The van der Waals surface area contributed by atoms with Gasteiger partial charge in [-0.2, -0.15) is 21.3 Å². The first-order valence-corrected chi connectivity index (χ1v) is 17.8. The molecule has 40 heavy (non-hydrogen) atoms. The molecule has 1 aliphatic rings. The van der Waals surface area contributed by atoms with Crippen LogP contribution in [0.15, 0.2) is 11.5 Å². The molecule has 8 N–H and O–H groups in total. The summed E-state index contributed by atoms with van der Waals surface area (Å²) >= 11 is 5.58. The number of imidazole rings is 1. The van der Waals surface area contributed by atoms with E-state index in [1.807, 2.05) is 0 Å². The van der Waals surface area contributed by atoms with Gasteiger partial charge < -0.3 is 40.3 Å². The first-order valence-electron chi connectivity index (χ1n) is 11.7. The highest BCUT2D eigenvalue weighted by Gasteiger charge is 2.47. The summed E-state index contributed by atoms with van der Waals surface area (Å²) in [5.74, 6) is 1.68. The standard InChI is InChI=1S/C17H30N5O13P3S2/c18-14-11-15(21-17(20-14)40-7-5-3-1-2-4-6-39)22(9-19-11)16-13(24)12(23)10(33-16)8-32-37(28,29)35-38(30,31)34-36(25,26)27/h9-10,12-13,16,23-24,39H,1-8H2,(H,28,29)(H,30,31)(H2,18,20,21)(H2,25,26,27)/t10-,12-,13-,16?/m1/s1. The number of thioether (sulfide) groups is 1. The van der Waals surface area contributed by atoms with E-state index in [-0.39, 0.29) is 17.0 Å². The first-order chi connectivity index (χ1) is 18.6. The lowest BCUT2D eigenvalue weighted by molar-refractivity contribution is -0.0503. The molecule has 2 aromatic rings. The number of nitrogens with zero attached hydrogens (tertiary/aromatic N) is 4. The largest absolute Gasteiger partial charge is 0.490 e. The Labute approximate surface area is 237 Å². The molecule has 1 fully saturated rings. The van der Waals surface area contributed by atoms with Crippen molar-refractivity contribution in [2.75, 3.05) is 23.8 Å². The number of aliphatic hydroxyl groups excluding tert-OH is 2. The van der Waals surface area contributed by atoms with Crippen molar-refractivity contribution in [3.63, 3.8) is 0 Å². The molecule has 6 atom stereocenters. The Morgan fingerprint density at radius 1 is 1.00 bits per heavy atom. The van der Waals surface area contributed by atoms with Gasteiger partial charge in [0.05, 0.1) is 12.9 Å². The number of anilines is 1. The van der Waals surface area contributed by atoms with E-state index in [4.69, 9.17) is 20.3 Å². The van der Waals surface area contributed by atoms with Crippen LogP contribution in [0.4, 0.5) is 5.82 Å². The number of thiol groups is 1. The first kappa shape index (κ1) is 33.8. The Morgan fingerprint density at radius 2 is 1.68 bits per heavy atom. The second-order valence-electron chi connectivity index (χ2n) is 8.49. The van der Waals surface area contributed by atoms with Crippen LogP contribution >= 0.6 is 47.9 Å². The predicted octanol–water partition coefficient (Wildman–Crippen LogP) is 1.34. The third kappa shape index (κ3) is 9.69. The molecule has 0 radical (unpaired) electrons. The molecule has 1 saturated heterocycles. The van der Waals surface area contributed by atoms with E-state index >= 15 is 0 Å². The van der Waals surface area contributed by atoms with Crippen LogP contribution in [0, 0.1) is 0 Å². The number of aromatic nitrogens is 4. The number of hydrogen-bond donors (Lipinski definition) is 8. The fourth-order valence-corrected chi connectivity index (χ4v) is 7.74. The molecular formula is C17H30N5O13P3S2. The molecule has 0 saturated carbocycles. The lowest BCUT2D eigenvalue weighted by Gasteiger charge is -2.19. The van der Waals surface area contributed by atoms with Crippen LogP contribution in [0.2, 0.25) is 0 Å². The van der Waals surface area contributed by atoms with E-state index in [1.165, 1.54) is 22.7 Å². The third-order valence-corrected chi connectivity index (χ3v) is 10.4. The van der Waals surface area contributed by atoms with Crippen molar-refractivity contribution in [2.24, 2.45) is 0 Å². The van der Waals surface area contributed by atoms with Crippen molar-refractivity contribution in [1.82, 2.24) is 19.5 Å². The normalized spacial score (nSPS) is 24.8. The van der Waals surface area contributed by atoms with Crippen molar-refractivity contribution in [3.05, 3.63) is 6.33 Å². The second kappa shape index (κ2) is 14.2. The fourth-order valence-electron chi connectivity index (χ4n) is 3.64. The van der Waals surface area contributed by atoms with Gasteiger partial charge in [0.1, 0.15) is 23.8 Å². The maximum Gasteiger partial charge on any atom is 0.490 e. The average Bonchev–Trinajstić information content (AvgIpc) is 3.36. The highest BCUT2D eigenvalue weighted by molar-refractivity contribution is 7.99. The van der Waals surface area contributed by atoms with Crippen LogP contribution in [0.3, 0.4) is 0 Å². The number of unbranched alkanes of at least 4 members (excludes halogenated alkanes) is 4. The number of rotatable bonds is 16. The Morgan fingerprint density at radius 3 is 2.35 bits per heavy atom. The summed E-state index contributed by atoms with van der Waals surface area (Å²) in [5, 5.41) is 21.4. The van der Waals surface area contributed by atoms with Crippen molar-refractivity contribution in [1.29, 1.82) is 0 Å². The zero-order valence-corrected chi connectivity index (χ0v) is 25.0. The Balaban J connectivity index is 1.65. The molecule has 2 aromatic heterocycles. The van der Waals surface area contributed by atoms with Gasteiger partial charge in [-0.25, -0.2) is 28.6 Å². The van der Waals surface area contributed by atoms with Crippen LogP contribution in [-0.4, -0.2) is 85.7 Å². The zero-order valence-electron chi connectivity index (χ0n) is 20.6. The highest BCUT2D eigenvalue weighted by atomic mass is 32.2. The molecule has 0 aliphatic carbocycles. The molecule has 228 valence electrons. The molecule has 0 spiro atoms. The minimum Gasteiger partial charge on any atom is -0.387 e. The summed E-state index contributed by atoms with van der Waals surface area (Å²) in [6.07, 6.45) is 0.410. The third-order valence-electron chi connectivity index (χ3n) is 5.39. The van der Waals surface area contributed by atoms with Crippen molar-refractivity contribution in [3.8, 4) is 0 Å². The Bertz CT molecular complexity index is 1300. The van der Waals surface area contributed by atoms with Gasteiger partial charge in [0.25, 0.3) is 0 Å². The number of phosphoric ester groups is 1. The monoisotopic (exact) mass is 669 g/mol. The zero-order chi connectivity index (χ0) is 29.7. The number of aliphatic hydroxyl groups is 2. The minimum absolute atomic E-state index is 0.0808. The predicted molar refractivity (Wildman–Crippen MR) is 143 cm³/mol. The Kier molecular flexibility index (Phi) is 12.0. The number of hydrogen-bond acceptors (Lipinski definition) is 15. The molecule has 3 rings (SSSR count). The molecule has 23 heteroatoms. The quantitative estimate of drug-likeness (QED) is 0.0411. The van der Waals surface area contributed by atoms with Gasteiger partial charge in [0.15, 0.2) is 22.8 Å². The van der Waals surface area contributed by atoms with E-state index in [1.54, 1.807) is 0 Å². The summed E-state index contributed by atoms with van der Waals surface area (Å²) in [6.45, 7) is -0.961. The molecule has 0 bridgehead atoms. The molecule has 18 nitrogen and oxygen atoms in total. The van der Waals surface area contributed by atoms with Gasteiger partial charge in [-0.05, 0) is 18.6 Å². The van der Waals surface area contributed by atoms with Crippen molar-refractivity contribution < 1.29 is 61.4 Å². The maximum atomic E-state index is 12.0.